The van der Waals surface area contributed by atoms with Crippen molar-refractivity contribution in [1.82, 2.24) is 20.4 Å². The normalized spacial score (nSPS) is 10.1. The van der Waals surface area contributed by atoms with Crippen LogP contribution in [0.2, 0.25) is 0 Å². The lowest BCUT2D eigenvalue weighted by Crippen LogP contribution is -2.29. The molecule has 4 amide bonds. The summed E-state index contributed by atoms with van der Waals surface area (Å²) < 4.78 is 4.97. The van der Waals surface area contributed by atoms with Gasteiger partial charge in [-0.15, -0.1) is 0 Å². The molecule has 0 aromatic heterocycles. The van der Waals surface area contributed by atoms with E-state index in [1.54, 1.807) is 39.8 Å². The largest absolute Gasteiger partial charge is 0.478 e. The minimum absolute atomic E-state index is 0.0769. The number of nitrogens with zero attached hydrogens (tertiary/aromatic N) is 2. The maximum absolute atomic E-state index is 12.4. The second-order valence-electron chi connectivity index (χ2n) is 9.80. The first-order valence-electron chi connectivity index (χ1n) is 14.6. The lowest BCUT2D eigenvalue weighted by Gasteiger charge is -2.17. The fourth-order valence-corrected chi connectivity index (χ4v) is 4.06. The number of hydrogen-bond acceptors (Lipinski definition) is 7. The topological polar surface area (TPSA) is 162 Å². The number of nitrogens with one attached hydrogen (secondary N) is 2. The van der Waals surface area contributed by atoms with Crippen LogP contribution in [0.5, 0.6) is 0 Å². The van der Waals surface area contributed by atoms with E-state index in [0.717, 1.165) is 12.8 Å². The van der Waals surface area contributed by atoms with Gasteiger partial charge in [-0.1, -0.05) is 13.8 Å². The fraction of sp³-hybridized carbons (Fsp3) is 0.438. The molecular formula is C32H44N4O8. The number of carbonyl (C=O) groups is 6. The van der Waals surface area contributed by atoms with Gasteiger partial charge in [-0.3, -0.25) is 19.2 Å². The highest BCUT2D eigenvalue weighted by atomic mass is 16.5. The van der Waals surface area contributed by atoms with Crippen molar-refractivity contribution in [2.24, 2.45) is 0 Å². The van der Waals surface area contributed by atoms with Gasteiger partial charge in [0, 0.05) is 62.5 Å². The third-order valence-electron chi connectivity index (χ3n) is 6.13. The molecule has 2 rings (SSSR count). The van der Waals surface area contributed by atoms with Gasteiger partial charge in [-0.25, -0.2) is 9.59 Å². The van der Waals surface area contributed by atoms with E-state index in [0.29, 0.717) is 31.7 Å². The molecule has 2 aromatic carbocycles. The van der Waals surface area contributed by atoms with Crippen molar-refractivity contribution in [3.8, 4) is 0 Å². The number of rotatable bonds is 13. The lowest BCUT2D eigenvalue weighted by atomic mass is 10.0. The van der Waals surface area contributed by atoms with Gasteiger partial charge in [0.25, 0.3) is 23.6 Å². The Bertz CT molecular complexity index is 1310. The van der Waals surface area contributed by atoms with E-state index in [-0.39, 0.29) is 52.1 Å². The van der Waals surface area contributed by atoms with Crippen molar-refractivity contribution in [2.45, 2.75) is 47.5 Å². The number of esters is 1. The Balaban J connectivity index is 0.000000442. The van der Waals surface area contributed by atoms with Crippen LogP contribution in [-0.2, 0) is 4.74 Å². The Labute approximate surface area is 258 Å². The third kappa shape index (κ3) is 11.2. The Kier molecular flexibility index (Phi) is 15.9. The molecule has 0 aliphatic heterocycles. The third-order valence-corrected chi connectivity index (χ3v) is 6.13. The van der Waals surface area contributed by atoms with Gasteiger partial charge in [0.1, 0.15) is 0 Å². The molecule has 0 saturated heterocycles. The van der Waals surface area contributed by atoms with E-state index < -0.39 is 17.8 Å². The zero-order chi connectivity index (χ0) is 33.4. The number of carboxylic acids is 1. The Morgan fingerprint density at radius 1 is 0.614 bits per heavy atom. The molecule has 0 radical (unpaired) electrons. The smallest absolute Gasteiger partial charge is 0.338 e. The Hall–Kier alpha value is -4.74. The summed E-state index contributed by atoms with van der Waals surface area (Å²) in [5.74, 6) is -2.98. The maximum atomic E-state index is 12.4. The summed E-state index contributed by atoms with van der Waals surface area (Å²) in [5, 5.41) is 14.4. The average Bonchev–Trinajstić information content (AvgIpc) is 3.00. The van der Waals surface area contributed by atoms with Crippen LogP contribution in [0.25, 0.3) is 0 Å². The molecule has 2 aromatic rings. The summed E-state index contributed by atoms with van der Waals surface area (Å²) in [6.07, 6.45) is 1.62. The molecule has 0 aliphatic carbocycles. The van der Waals surface area contributed by atoms with Crippen molar-refractivity contribution in [1.29, 1.82) is 0 Å². The second-order valence-corrected chi connectivity index (χ2v) is 9.80. The van der Waals surface area contributed by atoms with E-state index in [9.17, 15) is 28.8 Å². The van der Waals surface area contributed by atoms with Gasteiger partial charge in [-0.2, -0.15) is 0 Å². The quantitative estimate of drug-likeness (QED) is 0.288. The van der Waals surface area contributed by atoms with E-state index >= 15 is 0 Å². The number of hydrogen-bond donors (Lipinski definition) is 3. The van der Waals surface area contributed by atoms with Crippen molar-refractivity contribution in [3.63, 3.8) is 0 Å². The molecule has 0 saturated carbocycles. The number of carboxylic acid groups (broad SMARTS) is 1. The van der Waals surface area contributed by atoms with E-state index in [1.165, 1.54) is 41.3 Å². The molecule has 0 fully saturated rings. The highest BCUT2D eigenvalue weighted by molar-refractivity contribution is 6.04. The van der Waals surface area contributed by atoms with Gasteiger partial charge in [0.05, 0.1) is 17.7 Å². The van der Waals surface area contributed by atoms with Crippen LogP contribution < -0.4 is 10.6 Å². The van der Waals surface area contributed by atoms with Crippen LogP contribution in [0, 0.1) is 0 Å². The summed E-state index contributed by atoms with van der Waals surface area (Å²) in [7, 11) is 3.33. The number of ether oxygens (including phenoxy) is 1. The molecular weight excluding hydrogens is 568 g/mol. The lowest BCUT2D eigenvalue weighted by molar-refractivity contribution is 0.0525. The minimum atomic E-state index is -1.17. The molecule has 44 heavy (non-hydrogen) atoms. The predicted molar refractivity (Wildman–Crippen MR) is 166 cm³/mol. The van der Waals surface area contributed by atoms with Crippen LogP contribution in [0.3, 0.4) is 0 Å². The molecule has 3 N–H and O–H groups in total. The molecule has 0 heterocycles. The van der Waals surface area contributed by atoms with E-state index in [2.05, 4.69) is 10.6 Å². The van der Waals surface area contributed by atoms with E-state index in [1.807, 2.05) is 13.8 Å². The van der Waals surface area contributed by atoms with Gasteiger partial charge >= 0.3 is 11.9 Å². The zero-order valence-electron chi connectivity index (χ0n) is 26.6. The van der Waals surface area contributed by atoms with Crippen molar-refractivity contribution >= 4 is 35.6 Å². The van der Waals surface area contributed by atoms with Crippen molar-refractivity contribution < 1.29 is 38.6 Å². The first kappa shape index (κ1) is 37.3. The van der Waals surface area contributed by atoms with Crippen molar-refractivity contribution in [3.05, 3.63) is 69.8 Å². The van der Waals surface area contributed by atoms with Crippen LogP contribution >= 0.6 is 0 Å². The highest BCUT2D eigenvalue weighted by Gasteiger charge is 2.19. The van der Waals surface area contributed by atoms with Gasteiger partial charge in [0.2, 0.25) is 0 Å². The van der Waals surface area contributed by atoms with Crippen LogP contribution in [0.4, 0.5) is 0 Å². The number of carbonyl (C=O) groups excluding carboxylic acids is 5. The fourth-order valence-electron chi connectivity index (χ4n) is 4.06. The minimum Gasteiger partial charge on any atom is -0.478 e. The summed E-state index contributed by atoms with van der Waals surface area (Å²) in [6, 6.07) is 8.40. The zero-order valence-corrected chi connectivity index (χ0v) is 26.6. The average molecular weight is 613 g/mol. The molecule has 240 valence electrons. The number of aromatic carboxylic acids is 1. The van der Waals surface area contributed by atoms with Crippen LogP contribution in [0.1, 0.15) is 110 Å². The molecule has 0 spiro atoms. The van der Waals surface area contributed by atoms with E-state index in [4.69, 9.17) is 9.84 Å². The summed E-state index contributed by atoms with van der Waals surface area (Å²) >= 11 is 0. The number of amides is 4. The molecule has 12 heteroatoms. The van der Waals surface area contributed by atoms with Crippen LogP contribution in [-0.4, -0.2) is 97.4 Å². The number of benzene rings is 2. The predicted octanol–water partition coefficient (Wildman–Crippen LogP) is 3.71. The maximum Gasteiger partial charge on any atom is 0.338 e. The molecule has 0 atom stereocenters. The molecule has 0 bridgehead atoms. The second kappa shape index (κ2) is 18.7. The Morgan fingerprint density at radius 2 is 0.977 bits per heavy atom. The summed E-state index contributed by atoms with van der Waals surface area (Å²) in [4.78, 5) is 74.8. The van der Waals surface area contributed by atoms with Crippen molar-refractivity contribution in [2.75, 3.05) is 46.9 Å². The summed E-state index contributed by atoms with van der Waals surface area (Å²) in [6.45, 7) is 11.4. The monoisotopic (exact) mass is 612 g/mol. The van der Waals surface area contributed by atoms with Gasteiger partial charge < -0.3 is 30.3 Å². The van der Waals surface area contributed by atoms with Crippen LogP contribution in [0.15, 0.2) is 36.4 Å². The Morgan fingerprint density at radius 3 is 1.34 bits per heavy atom. The highest BCUT2D eigenvalue weighted by Crippen LogP contribution is 2.15. The van der Waals surface area contributed by atoms with Gasteiger partial charge in [-0.05, 0) is 70.0 Å². The molecule has 0 unspecified atom stereocenters. The standard InChI is InChI=1S/C17H24N2O4.C15H20N2O4/c1-5-8-19(4)16(21)13-9-12(15(20)18-6-2)10-14(11-13)17(22)23-7-3;1-4-6-17(3)14(19)11-7-10(13(18)16-5-2)8-12(9-11)15(20)21/h9-11H,5-8H2,1-4H3,(H,18,20);7-9H,4-6H2,1-3H3,(H,16,18)(H,20,21). The molecule has 12 nitrogen and oxygen atoms in total. The first-order chi connectivity index (χ1) is 20.8. The van der Waals surface area contributed by atoms with Gasteiger partial charge in [0.15, 0.2) is 0 Å². The molecule has 0 aliphatic rings. The first-order valence-corrected chi connectivity index (χ1v) is 14.6. The SMILES string of the molecule is CCCN(C)C(=O)c1cc(C(=O)NCC)cc(C(=O)OCC)c1.CCCN(C)C(=O)c1cc(C(=O)O)cc(C(=O)NCC)c1. The summed E-state index contributed by atoms with van der Waals surface area (Å²) in [5.41, 5.74) is 1.06.